The van der Waals surface area contributed by atoms with Gasteiger partial charge in [0.2, 0.25) is 5.91 Å². The van der Waals surface area contributed by atoms with Gasteiger partial charge in [-0.1, -0.05) is 34.2 Å². The molecule has 10 heteroatoms. The molecule has 0 aliphatic carbocycles. The summed E-state index contributed by atoms with van der Waals surface area (Å²) in [5.41, 5.74) is 0.808. The first-order valence-electron chi connectivity index (χ1n) is 9.66. The number of hydrogen-bond acceptors (Lipinski definition) is 6. The molecule has 1 aromatic heterocycles. The lowest BCUT2D eigenvalue weighted by Crippen LogP contribution is -2.40. The Bertz CT molecular complexity index is 1020. The van der Waals surface area contributed by atoms with Crippen LogP contribution in [0.25, 0.3) is 10.2 Å². The molecular weight excluding hydrogens is 490 g/mol. The van der Waals surface area contributed by atoms with E-state index < -0.39 is 5.97 Å². The zero-order chi connectivity index (χ0) is 21.7. The SMILES string of the molecule is COC(=O)Cn1c(=NC(=O)CSCC(=O)N2CCCC(C)C2)sc2cc(Br)ccc21. The zero-order valence-corrected chi connectivity index (χ0v) is 20.1. The number of carbonyl (C=O) groups is 3. The van der Waals surface area contributed by atoms with Crippen LogP contribution < -0.4 is 4.80 Å². The Morgan fingerprint density at radius 1 is 1.33 bits per heavy atom. The first-order chi connectivity index (χ1) is 14.4. The first-order valence-corrected chi connectivity index (χ1v) is 12.4. The van der Waals surface area contributed by atoms with Crippen molar-refractivity contribution in [1.82, 2.24) is 9.47 Å². The monoisotopic (exact) mass is 513 g/mol. The van der Waals surface area contributed by atoms with Crippen molar-refractivity contribution in [3.63, 3.8) is 0 Å². The highest BCUT2D eigenvalue weighted by atomic mass is 79.9. The fourth-order valence-corrected chi connectivity index (χ4v) is 5.65. The van der Waals surface area contributed by atoms with Gasteiger partial charge in [-0.2, -0.15) is 4.99 Å². The van der Waals surface area contributed by atoms with Crippen LogP contribution in [0.5, 0.6) is 0 Å². The molecule has 2 amide bonds. The second kappa shape index (κ2) is 10.6. The lowest BCUT2D eigenvalue weighted by Gasteiger charge is -2.30. The van der Waals surface area contributed by atoms with Crippen molar-refractivity contribution < 1.29 is 19.1 Å². The number of fused-ring (bicyclic) bond motifs is 1. The number of aromatic nitrogens is 1. The summed E-state index contributed by atoms with van der Waals surface area (Å²) in [6, 6.07) is 5.66. The summed E-state index contributed by atoms with van der Waals surface area (Å²) in [6.45, 7) is 3.72. The van der Waals surface area contributed by atoms with E-state index in [1.807, 2.05) is 23.1 Å². The Hall–Kier alpha value is -1.65. The van der Waals surface area contributed by atoms with Gasteiger partial charge < -0.3 is 14.2 Å². The Morgan fingerprint density at radius 3 is 2.87 bits per heavy atom. The number of esters is 1. The van der Waals surface area contributed by atoms with E-state index in [-0.39, 0.29) is 29.9 Å². The van der Waals surface area contributed by atoms with Gasteiger partial charge in [-0.25, -0.2) is 0 Å². The minimum atomic E-state index is -0.415. The van der Waals surface area contributed by atoms with Gasteiger partial charge in [0.25, 0.3) is 5.91 Å². The van der Waals surface area contributed by atoms with E-state index in [2.05, 4.69) is 27.8 Å². The molecule has 1 aliphatic heterocycles. The first kappa shape index (κ1) is 23.0. The molecule has 1 atom stereocenters. The second-order valence-corrected chi connectivity index (χ2v) is 10.2. The van der Waals surface area contributed by atoms with E-state index in [1.54, 1.807) is 4.57 Å². The maximum absolute atomic E-state index is 12.4. The number of nitrogens with zero attached hydrogens (tertiary/aromatic N) is 3. The number of benzene rings is 1. The minimum Gasteiger partial charge on any atom is -0.468 e. The fraction of sp³-hybridized carbons (Fsp3) is 0.500. The number of thiazole rings is 1. The van der Waals surface area contributed by atoms with Crippen molar-refractivity contribution in [2.75, 3.05) is 31.7 Å². The summed E-state index contributed by atoms with van der Waals surface area (Å²) in [4.78, 5) is 43.1. The fourth-order valence-electron chi connectivity index (χ4n) is 3.35. The number of methoxy groups -OCH3 is 1. The molecule has 0 bridgehead atoms. The van der Waals surface area contributed by atoms with Crippen molar-refractivity contribution in [3.8, 4) is 0 Å². The van der Waals surface area contributed by atoms with Crippen LogP contribution in [0.4, 0.5) is 0 Å². The number of amides is 2. The Kier molecular flexibility index (Phi) is 8.13. The molecule has 0 spiro atoms. The van der Waals surface area contributed by atoms with E-state index in [0.29, 0.717) is 10.7 Å². The zero-order valence-electron chi connectivity index (χ0n) is 16.9. The highest BCUT2D eigenvalue weighted by molar-refractivity contribution is 9.10. The lowest BCUT2D eigenvalue weighted by molar-refractivity contribution is -0.141. The highest BCUT2D eigenvalue weighted by Gasteiger charge is 2.21. The normalized spacial score (nSPS) is 17.4. The Morgan fingerprint density at radius 2 is 2.13 bits per heavy atom. The van der Waals surface area contributed by atoms with Crippen LogP contribution in [0.1, 0.15) is 19.8 Å². The van der Waals surface area contributed by atoms with E-state index in [4.69, 9.17) is 4.74 Å². The maximum Gasteiger partial charge on any atom is 0.325 e. The van der Waals surface area contributed by atoms with Gasteiger partial charge in [0.1, 0.15) is 6.54 Å². The number of ether oxygens (including phenoxy) is 1. The van der Waals surface area contributed by atoms with Gasteiger partial charge in [0, 0.05) is 17.6 Å². The number of carbonyl (C=O) groups excluding carboxylic acids is 3. The molecule has 1 fully saturated rings. The number of halogens is 1. The molecule has 1 unspecified atom stereocenters. The molecule has 2 heterocycles. The lowest BCUT2D eigenvalue weighted by atomic mass is 10.0. The molecule has 2 aromatic rings. The summed E-state index contributed by atoms with van der Waals surface area (Å²) in [6.07, 6.45) is 2.19. The molecular formula is C20H24BrN3O4S2. The molecule has 1 aliphatic rings. The quantitative estimate of drug-likeness (QED) is 0.554. The summed E-state index contributed by atoms with van der Waals surface area (Å²) in [5.74, 6) is 0.251. The van der Waals surface area contributed by atoms with Gasteiger partial charge >= 0.3 is 5.97 Å². The standard InChI is InChI=1S/C20H24BrN3O4S2/c1-13-4-3-7-23(9-13)18(26)12-29-11-17(25)22-20-24(10-19(27)28-2)15-6-5-14(21)8-16(15)30-20/h5-6,8,13H,3-4,7,9-12H2,1-2H3. The maximum atomic E-state index is 12.4. The molecule has 0 saturated carbocycles. The van der Waals surface area contributed by atoms with Crippen LogP contribution in [0.15, 0.2) is 27.7 Å². The van der Waals surface area contributed by atoms with Gasteiger partial charge in [0.05, 0.1) is 28.8 Å². The number of thioether (sulfide) groups is 1. The van der Waals surface area contributed by atoms with Crippen molar-refractivity contribution in [3.05, 3.63) is 27.5 Å². The Balaban J connectivity index is 1.69. The van der Waals surface area contributed by atoms with Gasteiger partial charge in [-0.15, -0.1) is 11.8 Å². The van der Waals surface area contributed by atoms with Crippen LogP contribution in [0.2, 0.25) is 0 Å². The number of piperidine rings is 1. The average Bonchev–Trinajstić information content (AvgIpc) is 3.03. The molecule has 0 radical (unpaired) electrons. The molecule has 1 saturated heterocycles. The molecule has 30 heavy (non-hydrogen) atoms. The van der Waals surface area contributed by atoms with Crippen LogP contribution in [-0.2, 0) is 25.7 Å². The van der Waals surface area contributed by atoms with E-state index >= 15 is 0 Å². The Labute approximate surface area is 191 Å². The van der Waals surface area contributed by atoms with Crippen molar-refractivity contribution in [2.45, 2.75) is 26.3 Å². The van der Waals surface area contributed by atoms with Crippen LogP contribution in [0.3, 0.4) is 0 Å². The average molecular weight is 514 g/mol. The summed E-state index contributed by atoms with van der Waals surface area (Å²) >= 11 is 6.05. The third-order valence-corrected chi connectivity index (χ3v) is 7.28. The van der Waals surface area contributed by atoms with Crippen molar-refractivity contribution in [2.24, 2.45) is 10.9 Å². The van der Waals surface area contributed by atoms with Crippen molar-refractivity contribution >= 4 is 67.0 Å². The van der Waals surface area contributed by atoms with E-state index in [1.165, 1.54) is 30.2 Å². The largest absolute Gasteiger partial charge is 0.468 e. The molecule has 0 N–H and O–H groups in total. The van der Waals surface area contributed by atoms with Crippen LogP contribution in [0, 0.1) is 5.92 Å². The van der Waals surface area contributed by atoms with Gasteiger partial charge in [-0.3, -0.25) is 14.4 Å². The summed E-state index contributed by atoms with van der Waals surface area (Å²) < 4.78 is 8.26. The molecule has 3 rings (SSSR count). The topological polar surface area (TPSA) is 81.0 Å². The van der Waals surface area contributed by atoms with Crippen LogP contribution >= 0.6 is 39.0 Å². The van der Waals surface area contributed by atoms with Gasteiger partial charge in [-0.05, 0) is 37.0 Å². The highest BCUT2D eigenvalue weighted by Crippen LogP contribution is 2.22. The third-order valence-electron chi connectivity index (χ3n) is 4.84. The molecule has 162 valence electrons. The third kappa shape index (κ3) is 5.95. The van der Waals surface area contributed by atoms with Crippen molar-refractivity contribution in [1.29, 1.82) is 0 Å². The number of rotatable bonds is 6. The number of likely N-dealkylation sites (tertiary alicyclic amines) is 1. The predicted octanol–water partition coefficient (Wildman–Crippen LogP) is 3.06. The summed E-state index contributed by atoms with van der Waals surface area (Å²) in [5, 5.41) is 0. The summed E-state index contributed by atoms with van der Waals surface area (Å²) in [7, 11) is 1.33. The smallest absolute Gasteiger partial charge is 0.325 e. The van der Waals surface area contributed by atoms with Gasteiger partial charge in [0.15, 0.2) is 4.80 Å². The molecule has 1 aromatic carbocycles. The van der Waals surface area contributed by atoms with E-state index in [0.717, 1.165) is 40.6 Å². The number of hydrogen-bond donors (Lipinski definition) is 0. The minimum absolute atomic E-state index is 0.0248. The second-order valence-electron chi connectivity index (χ2n) is 7.24. The van der Waals surface area contributed by atoms with Crippen LogP contribution in [-0.4, -0.2) is 59.0 Å². The predicted molar refractivity (Wildman–Crippen MR) is 122 cm³/mol. The molecule has 7 nitrogen and oxygen atoms in total. The van der Waals surface area contributed by atoms with E-state index in [9.17, 15) is 14.4 Å².